The second-order valence-corrected chi connectivity index (χ2v) is 8.11. The smallest absolute Gasteiger partial charge is 0.241 e. The van der Waals surface area contributed by atoms with Gasteiger partial charge in [-0.05, 0) is 55.2 Å². The van der Waals surface area contributed by atoms with Crippen molar-refractivity contribution in [1.29, 1.82) is 0 Å². The molecule has 0 spiro atoms. The molecule has 1 aliphatic carbocycles. The van der Waals surface area contributed by atoms with Gasteiger partial charge in [0.15, 0.2) is 0 Å². The zero-order valence-corrected chi connectivity index (χ0v) is 13.9. The quantitative estimate of drug-likeness (QED) is 0.897. The first-order chi connectivity index (χ1) is 9.83. The Morgan fingerprint density at radius 1 is 1.29 bits per heavy atom. The fraction of sp³-hybridized carbons (Fsp3) is 0.625. The molecule has 3 unspecified atom stereocenters. The predicted molar refractivity (Wildman–Crippen MR) is 85.4 cm³/mol. The van der Waals surface area contributed by atoms with Gasteiger partial charge in [-0.25, -0.2) is 13.1 Å². The standard InChI is InChI=1S/C16H26N2O2S/c1-11-4-7-15(13(3)8-11)18-21(19,20)16-9-14(10-17)6-5-12(16)2/h5-6,9,11,13,15,18H,4,7-8,10,17H2,1-3H3. The van der Waals surface area contributed by atoms with Crippen LogP contribution in [0.3, 0.4) is 0 Å². The van der Waals surface area contributed by atoms with Crippen LogP contribution in [0.15, 0.2) is 23.1 Å². The molecule has 0 saturated heterocycles. The van der Waals surface area contributed by atoms with Crippen LogP contribution in [-0.4, -0.2) is 14.5 Å². The summed E-state index contributed by atoms with van der Waals surface area (Å²) in [5.74, 6) is 1.06. The SMILES string of the molecule is Cc1ccc(CN)cc1S(=O)(=O)NC1CCC(C)CC1C. The van der Waals surface area contributed by atoms with Crippen molar-refractivity contribution >= 4 is 10.0 Å². The van der Waals surface area contributed by atoms with Crippen molar-refractivity contribution in [2.24, 2.45) is 17.6 Å². The van der Waals surface area contributed by atoms with Crippen LogP contribution in [0.5, 0.6) is 0 Å². The highest BCUT2D eigenvalue weighted by atomic mass is 32.2. The van der Waals surface area contributed by atoms with Crippen molar-refractivity contribution in [3.63, 3.8) is 0 Å². The van der Waals surface area contributed by atoms with Crippen molar-refractivity contribution in [2.75, 3.05) is 0 Å². The first kappa shape index (κ1) is 16.5. The zero-order chi connectivity index (χ0) is 15.6. The Morgan fingerprint density at radius 3 is 2.62 bits per heavy atom. The van der Waals surface area contributed by atoms with Gasteiger partial charge in [-0.15, -0.1) is 0 Å². The van der Waals surface area contributed by atoms with Crippen LogP contribution in [0.2, 0.25) is 0 Å². The van der Waals surface area contributed by atoms with Crippen LogP contribution in [0.1, 0.15) is 44.2 Å². The van der Waals surface area contributed by atoms with Gasteiger partial charge in [-0.2, -0.15) is 0 Å². The van der Waals surface area contributed by atoms with E-state index in [9.17, 15) is 8.42 Å². The Hall–Kier alpha value is -0.910. The molecule has 5 heteroatoms. The maximum Gasteiger partial charge on any atom is 0.241 e. The Labute approximate surface area is 128 Å². The normalized spacial score (nSPS) is 26.8. The monoisotopic (exact) mass is 310 g/mol. The summed E-state index contributed by atoms with van der Waals surface area (Å²) >= 11 is 0. The first-order valence-electron chi connectivity index (χ1n) is 7.65. The summed E-state index contributed by atoms with van der Waals surface area (Å²) < 4.78 is 28.2. The van der Waals surface area contributed by atoms with Gasteiger partial charge in [0.05, 0.1) is 4.90 Å². The van der Waals surface area contributed by atoms with E-state index in [4.69, 9.17) is 5.73 Å². The minimum Gasteiger partial charge on any atom is -0.326 e. The lowest BCUT2D eigenvalue weighted by atomic mass is 9.80. The number of hydrogen-bond acceptors (Lipinski definition) is 3. The molecular weight excluding hydrogens is 284 g/mol. The third-order valence-corrected chi connectivity index (χ3v) is 6.15. The highest BCUT2D eigenvalue weighted by Gasteiger charge is 2.30. The van der Waals surface area contributed by atoms with E-state index < -0.39 is 10.0 Å². The molecule has 0 bridgehead atoms. The van der Waals surface area contributed by atoms with Gasteiger partial charge in [0.25, 0.3) is 0 Å². The zero-order valence-electron chi connectivity index (χ0n) is 13.1. The van der Waals surface area contributed by atoms with Gasteiger partial charge in [0.1, 0.15) is 0 Å². The van der Waals surface area contributed by atoms with E-state index in [2.05, 4.69) is 18.6 Å². The molecule has 4 nitrogen and oxygen atoms in total. The van der Waals surface area contributed by atoms with E-state index in [1.807, 2.05) is 19.1 Å². The van der Waals surface area contributed by atoms with E-state index >= 15 is 0 Å². The molecule has 2 rings (SSSR count). The molecule has 3 N–H and O–H groups in total. The molecule has 0 aromatic heterocycles. The third kappa shape index (κ3) is 3.84. The molecular formula is C16H26N2O2S. The van der Waals surface area contributed by atoms with E-state index in [1.165, 1.54) is 0 Å². The van der Waals surface area contributed by atoms with Gasteiger partial charge in [0, 0.05) is 12.6 Å². The summed E-state index contributed by atoms with van der Waals surface area (Å²) in [6, 6.07) is 5.42. The van der Waals surface area contributed by atoms with Crippen LogP contribution >= 0.6 is 0 Å². The summed E-state index contributed by atoms with van der Waals surface area (Å²) in [6.07, 6.45) is 3.07. The van der Waals surface area contributed by atoms with Crippen molar-refractivity contribution in [3.8, 4) is 0 Å². The third-order valence-electron chi connectivity index (χ3n) is 4.52. The average Bonchev–Trinajstić information content (AvgIpc) is 2.42. The van der Waals surface area contributed by atoms with Crippen LogP contribution in [0.4, 0.5) is 0 Å². The molecule has 0 radical (unpaired) electrons. The number of nitrogens with one attached hydrogen (secondary N) is 1. The Balaban J connectivity index is 2.22. The predicted octanol–water partition coefficient (Wildman–Crippen LogP) is 2.56. The highest BCUT2D eigenvalue weighted by molar-refractivity contribution is 7.89. The van der Waals surface area contributed by atoms with Crippen molar-refractivity contribution < 1.29 is 8.42 Å². The molecule has 1 aromatic carbocycles. The largest absolute Gasteiger partial charge is 0.326 e. The lowest BCUT2D eigenvalue weighted by molar-refractivity contribution is 0.249. The minimum atomic E-state index is -3.48. The van der Waals surface area contributed by atoms with E-state index in [0.29, 0.717) is 23.3 Å². The van der Waals surface area contributed by atoms with Gasteiger partial charge >= 0.3 is 0 Å². The average molecular weight is 310 g/mol. The topological polar surface area (TPSA) is 72.2 Å². The Kier molecular flexibility index (Phi) is 5.07. The molecule has 21 heavy (non-hydrogen) atoms. The maximum atomic E-state index is 12.7. The second kappa shape index (κ2) is 6.46. The van der Waals surface area contributed by atoms with Crippen LogP contribution < -0.4 is 10.5 Å². The fourth-order valence-corrected chi connectivity index (χ4v) is 4.84. The van der Waals surface area contributed by atoms with Crippen molar-refractivity contribution in [2.45, 2.75) is 57.5 Å². The van der Waals surface area contributed by atoms with Crippen molar-refractivity contribution in [1.82, 2.24) is 4.72 Å². The van der Waals surface area contributed by atoms with Gasteiger partial charge in [-0.3, -0.25) is 0 Å². The number of nitrogens with two attached hydrogens (primary N) is 1. The van der Waals surface area contributed by atoms with Crippen LogP contribution in [-0.2, 0) is 16.6 Å². The van der Waals surface area contributed by atoms with Crippen LogP contribution in [0.25, 0.3) is 0 Å². The molecule has 1 saturated carbocycles. The minimum absolute atomic E-state index is 0.0344. The maximum absolute atomic E-state index is 12.7. The van der Waals surface area contributed by atoms with Gasteiger partial charge in [-0.1, -0.05) is 26.0 Å². The van der Waals surface area contributed by atoms with Crippen molar-refractivity contribution in [3.05, 3.63) is 29.3 Å². The first-order valence-corrected chi connectivity index (χ1v) is 9.13. The number of benzene rings is 1. The Morgan fingerprint density at radius 2 is 2.00 bits per heavy atom. The van der Waals surface area contributed by atoms with E-state index in [1.54, 1.807) is 6.07 Å². The molecule has 0 heterocycles. The van der Waals surface area contributed by atoms with E-state index in [0.717, 1.165) is 30.4 Å². The van der Waals surface area contributed by atoms with Crippen LogP contribution in [0, 0.1) is 18.8 Å². The lowest BCUT2D eigenvalue weighted by Gasteiger charge is -2.33. The summed E-state index contributed by atoms with van der Waals surface area (Å²) in [5.41, 5.74) is 7.22. The Bertz CT molecular complexity index is 598. The molecule has 0 amide bonds. The molecule has 1 aliphatic rings. The number of rotatable bonds is 4. The summed E-state index contributed by atoms with van der Waals surface area (Å²) in [7, 11) is -3.48. The lowest BCUT2D eigenvalue weighted by Crippen LogP contribution is -2.42. The van der Waals surface area contributed by atoms with Gasteiger partial charge < -0.3 is 5.73 Å². The number of sulfonamides is 1. The second-order valence-electron chi connectivity index (χ2n) is 6.43. The van der Waals surface area contributed by atoms with E-state index in [-0.39, 0.29) is 6.04 Å². The highest BCUT2D eigenvalue weighted by Crippen LogP contribution is 2.30. The number of aryl methyl sites for hydroxylation is 1. The molecule has 1 aromatic rings. The summed E-state index contributed by atoms with van der Waals surface area (Å²) in [4.78, 5) is 0.358. The molecule has 3 atom stereocenters. The molecule has 0 aliphatic heterocycles. The molecule has 118 valence electrons. The van der Waals surface area contributed by atoms with Gasteiger partial charge in [0.2, 0.25) is 10.0 Å². The molecule has 1 fully saturated rings. The number of hydrogen-bond donors (Lipinski definition) is 2. The summed E-state index contributed by atoms with van der Waals surface area (Å²) in [6.45, 7) is 6.53. The fourth-order valence-electron chi connectivity index (χ4n) is 3.16. The summed E-state index contributed by atoms with van der Waals surface area (Å²) in [5, 5.41) is 0.